The summed E-state index contributed by atoms with van der Waals surface area (Å²) in [6.45, 7) is 5.03. The van der Waals surface area contributed by atoms with Gasteiger partial charge < -0.3 is 5.11 Å². The number of hydrogen-bond donors (Lipinski definition) is 1. The van der Waals surface area contributed by atoms with Gasteiger partial charge in [0, 0.05) is 0 Å². The van der Waals surface area contributed by atoms with E-state index >= 15 is 0 Å². The Kier molecular flexibility index (Phi) is 5.58. The first-order valence-electron chi connectivity index (χ1n) is 11.8. The van der Waals surface area contributed by atoms with Crippen molar-refractivity contribution in [3.8, 4) is 0 Å². The number of allylic oxidation sites excluding steroid dienone is 2. The molecule has 0 aromatic carbocycles. The Morgan fingerprint density at radius 3 is 2.70 bits per heavy atom. The third-order valence-corrected chi connectivity index (χ3v) is 10.0. The molecule has 2 heteroatoms. The molecule has 1 N–H and O–H groups in total. The maximum Gasteiger partial charge on any atom is 0.142 e. The van der Waals surface area contributed by atoms with Crippen LogP contribution in [0.5, 0.6) is 0 Å². The first-order valence-corrected chi connectivity index (χ1v) is 11.8. The van der Waals surface area contributed by atoms with Gasteiger partial charge in [-0.2, -0.15) is 0 Å². The van der Waals surface area contributed by atoms with Crippen molar-refractivity contribution in [2.24, 2.45) is 40.4 Å². The maximum atomic E-state index is 11.4. The molecule has 4 saturated carbocycles. The van der Waals surface area contributed by atoms with Crippen molar-refractivity contribution in [1.29, 1.82) is 0 Å². The fraction of sp³-hybridized carbons (Fsp3) is 0.880. The normalized spacial score (nSPS) is 49.4. The van der Waals surface area contributed by atoms with E-state index in [1.54, 1.807) is 6.08 Å². The van der Waals surface area contributed by atoms with Crippen molar-refractivity contribution in [3.63, 3.8) is 0 Å². The van der Waals surface area contributed by atoms with Crippen molar-refractivity contribution in [2.75, 3.05) is 0 Å². The van der Waals surface area contributed by atoms with Gasteiger partial charge in [0.25, 0.3) is 0 Å². The third-order valence-electron chi connectivity index (χ3n) is 10.0. The van der Waals surface area contributed by atoms with Gasteiger partial charge in [0.15, 0.2) is 0 Å². The molecule has 0 aliphatic heterocycles. The predicted molar refractivity (Wildman–Crippen MR) is 110 cm³/mol. The highest BCUT2D eigenvalue weighted by atomic mass is 16.3. The second kappa shape index (κ2) is 7.65. The van der Waals surface area contributed by atoms with Crippen LogP contribution >= 0.6 is 0 Å². The topological polar surface area (TPSA) is 37.3 Å². The van der Waals surface area contributed by atoms with Gasteiger partial charge in [0.2, 0.25) is 0 Å². The van der Waals surface area contributed by atoms with Crippen molar-refractivity contribution < 1.29 is 9.90 Å². The molecule has 0 aromatic heterocycles. The largest absolute Gasteiger partial charge is 0.393 e. The lowest BCUT2D eigenvalue weighted by Crippen LogP contribution is -2.57. The van der Waals surface area contributed by atoms with Crippen molar-refractivity contribution >= 4 is 6.29 Å². The van der Waals surface area contributed by atoms with Crippen molar-refractivity contribution in [2.45, 2.75) is 97.0 Å². The summed E-state index contributed by atoms with van der Waals surface area (Å²) in [6.07, 6.45) is 20.0. The lowest BCUT2D eigenvalue weighted by atomic mass is 9.44. The van der Waals surface area contributed by atoms with E-state index in [1.807, 2.05) is 6.08 Å². The van der Waals surface area contributed by atoms with Crippen LogP contribution in [0.3, 0.4) is 0 Å². The Morgan fingerprint density at radius 2 is 1.89 bits per heavy atom. The number of carbonyl (C=O) groups excluding carboxylic acids is 1. The van der Waals surface area contributed by atoms with Gasteiger partial charge in [-0.1, -0.05) is 32.8 Å². The Morgan fingerprint density at radius 1 is 1.04 bits per heavy atom. The molecule has 152 valence electrons. The number of unbranched alkanes of at least 4 members (excludes halogenated alkanes) is 1. The fourth-order valence-electron chi connectivity index (χ4n) is 8.49. The Balaban J connectivity index is 1.49. The number of hydrogen-bond acceptors (Lipinski definition) is 2. The van der Waals surface area contributed by atoms with Crippen LogP contribution in [0.15, 0.2) is 12.2 Å². The average Bonchev–Trinajstić information content (AvgIpc) is 3.00. The molecular formula is C25H40O2. The van der Waals surface area contributed by atoms with Crippen LogP contribution in [0.1, 0.15) is 90.9 Å². The van der Waals surface area contributed by atoms with Crippen LogP contribution in [0.2, 0.25) is 0 Å². The molecule has 8 atom stereocenters. The zero-order valence-corrected chi connectivity index (χ0v) is 17.5. The zero-order chi connectivity index (χ0) is 19.1. The lowest BCUT2D eigenvalue weighted by molar-refractivity contribution is -0.164. The molecule has 7 unspecified atom stereocenters. The van der Waals surface area contributed by atoms with Crippen molar-refractivity contribution in [1.82, 2.24) is 0 Å². The molecular weight excluding hydrogens is 332 g/mol. The summed E-state index contributed by atoms with van der Waals surface area (Å²) >= 11 is 0. The summed E-state index contributed by atoms with van der Waals surface area (Å²) in [5.41, 5.74) is 0.634. The number of fused-ring (bicyclic) bond motifs is 5. The van der Waals surface area contributed by atoms with Gasteiger partial charge in [0.05, 0.1) is 6.10 Å². The minimum Gasteiger partial charge on any atom is -0.393 e. The highest BCUT2D eigenvalue weighted by Crippen LogP contribution is 2.67. The van der Waals surface area contributed by atoms with Crippen LogP contribution in [-0.2, 0) is 4.79 Å². The molecule has 0 spiro atoms. The quantitative estimate of drug-likeness (QED) is 0.369. The van der Waals surface area contributed by atoms with E-state index in [2.05, 4.69) is 13.8 Å². The molecule has 2 nitrogen and oxygen atoms in total. The summed E-state index contributed by atoms with van der Waals surface area (Å²) in [5.74, 6) is 3.95. The van der Waals surface area contributed by atoms with Crippen LogP contribution < -0.4 is 0 Å². The highest BCUT2D eigenvalue weighted by Gasteiger charge is 2.62. The minimum absolute atomic E-state index is 0.112. The first kappa shape index (κ1) is 19.7. The van der Waals surface area contributed by atoms with E-state index in [1.165, 1.54) is 57.8 Å². The monoisotopic (exact) mass is 372 g/mol. The van der Waals surface area contributed by atoms with E-state index in [4.69, 9.17) is 0 Å². The van der Waals surface area contributed by atoms with E-state index in [-0.39, 0.29) is 11.5 Å². The fourth-order valence-corrected chi connectivity index (χ4v) is 8.49. The van der Waals surface area contributed by atoms with E-state index in [0.29, 0.717) is 11.3 Å². The van der Waals surface area contributed by atoms with Crippen LogP contribution in [-0.4, -0.2) is 17.5 Å². The molecule has 4 aliphatic carbocycles. The SMILES string of the molecule is CC12C(O)CC3C(CCC4CCCC[C@]43C)C1CCC2CCC/C=C/C=O. The van der Waals surface area contributed by atoms with Gasteiger partial charge in [-0.05, 0) is 111 Å². The summed E-state index contributed by atoms with van der Waals surface area (Å²) in [5, 5.41) is 11.4. The standard InChI is InChI=1S/C25H40O2/c1-24-15-7-6-9-18(24)11-13-20-21-14-12-19(10-5-3-4-8-16-26)25(21,2)23(27)17-22(20)24/h4,8,16,18-23,27H,3,5-7,9-15,17H2,1-2H3/b8-4+/t18?,19?,20?,21?,22?,23?,24-,25?/m1/s1. The summed E-state index contributed by atoms with van der Waals surface area (Å²) < 4.78 is 0. The first-order chi connectivity index (χ1) is 13.0. The molecule has 0 saturated heterocycles. The Bertz CT molecular complexity index is 569. The maximum absolute atomic E-state index is 11.4. The second-order valence-electron chi connectivity index (χ2n) is 10.8. The number of carbonyl (C=O) groups is 1. The van der Waals surface area contributed by atoms with E-state index in [0.717, 1.165) is 49.2 Å². The average molecular weight is 373 g/mol. The van der Waals surface area contributed by atoms with Crippen molar-refractivity contribution in [3.05, 3.63) is 12.2 Å². The van der Waals surface area contributed by atoms with Gasteiger partial charge in [-0.3, -0.25) is 4.79 Å². The predicted octanol–water partition coefficient (Wildman–Crippen LogP) is 5.93. The molecule has 4 aliphatic rings. The molecule has 4 rings (SSSR count). The van der Waals surface area contributed by atoms with Crippen LogP contribution in [0.4, 0.5) is 0 Å². The van der Waals surface area contributed by atoms with Crippen LogP contribution in [0.25, 0.3) is 0 Å². The molecule has 0 heterocycles. The summed E-state index contributed by atoms with van der Waals surface area (Å²) in [7, 11) is 0. The molecule has 4 fully saturated rings. The molecule has 27 heavy (non-hydrogen) atoms. The second-order valence-corrected chi connectivity index (χ2v) is 10.8. The van der Waals surface area contributed by atoms with Gasteiger partial charge in [-0.15, -0.1) is 0 Å². The molecule has 0 radical (unpaired) electrons. The smallest absolute Gasteiger partial charge is 0.142 e. The number of aliphatic hydroxyl groups excluding tert-OH is 1. The van der Waals surface area contributed by atoms with Gasteiger partial charge >= 0.3 is 0 Å². The van der Waals surface area contributed by atoms with Gasteiger partial charge in [-0.25, -0.2) is 0 Å². The Labute approximate surface area is 166 Å². The number of aldehydes is 1. The third kappa shape index (κ3) is 3.15. The van der Waals surface area contributed by atoms with Crippen LogP contribution in [0, 0.1) is 40.4 Å². The van der Waals surface area contributed by atoms with Gasteiger partial charge in [0.1, 0.15) is 6.29 Å². The lowest BCUT2D eigenvalue weighted by Gasteiger charge is -2.62. The van der Waals surface area contributed by atoms with E-state index < -0.39 is 0 Å². The zero-order valence-electron chi connectivity index (χ0n) is 17.5. The molecule has 0 bridgehead atoms. The Hall–Kier alpha value is -0.630. The van der Waals surface area contributed by atoms with E-state index in [9.17, 15) is 9.90 Å². The highest BCUT2D eigenvalue weighted by molar-refractivity contribution is 5.64. The summed E-state index contributed by atoms with van der Waals surface area (Å²) in [6, 6.07) is 0. The number of aliphatic hydroxyl groups is 1. The molecule has 0 aromatic rings. The minimum atomic E-state index is -0.112. The molecule has 0 amide bonds. The summed E-state index contributed by atoms with van der Waals surface area (Å²) in [4.78, 5) is 10.4. The number of rotatable bonds is 5.